The van der Waals surface area contributed by atoms with Gasteiger partial charge < -0.3 is 29.4 Å². The summed E-state index contributed by atoms with van der Waals surface area (Å²) in [7, 11) is 3.16. The number of amides is 1. The van der Waals surface area contributed by atoms with Crippen LogP contribution in [-0.4, -0.2) is 49.9 Å². The van der Waals surface area contributed by atoms with Crippen LogP contribution in [0.15, 0.2) is 107 Å². The molecule has 0 aliphatic carbocycles. The lowest BCUT2D eigenvalue weighted by molar-refractivity contribution is -0.129. The highest BCUT2D eigenvalue weighted by Gasteiger charge is 2.53. The quantitative estimate of drug-likeness (QED) is 0.170. The minimum Gasteiger partial charge on any atom is -0.494 e. The number of hydrogen-bond donors (Lipinski definition) is 2. The molecule has 9 heteroatoms. The Labute approximate surface area is 265 Å². The minimum absolute atomic E-state index is 0.0658. The molecule has 0 spiro atoms. The number of halogens is 1. The number of nitrogens with one attached hydrogen (secondary N) is 1. The Morgan fingerprint density at radius 3 is 2.39 bits per heavy atom. The standard InChI is InChI=1S/C35H35BrN2O6/c1-41-30-11-6-10-27(31(30)42-2)23-37-34(40)35(22-24-8-4-3-5-9-24)32(25-12-16-28(36)17-13-25)44-33(38-35)26-14-18-29(19-15-26)43-21-7-20-39/h3-6,8-19,32,39H,7,20-23H2,1-2H3,(H,37,40)/t32-,35-/m1/s1. The average molecular weight is 660 g/mol. The van der Waals surface area contributed by atoms with E-state index in [-0.39, 0.29) is 19.1 Å². The van der Waals surface area contributed by atoms with Crippen LogP contribution in [0.4, 0.5) is 0 Å². The SMILES string of the molecule is COc1cccc(CNC(=O)[C@]2(Cc3ccccc3)N=C(c3ccc(OCCCO)cc3)O[C@@H]2c2ccc(Br)cc2)c1OC. The zero-order chi connectivity index (χ0) is 30.9. The number of nitrogens with zero attached hydrogens (tertiary/aromatic N) is 1. The smallest absolute Gasteiger partial charge is 0.252 e. The maximum atomic E-state index is 14.5. The van der Waals surface area contributed by atoms with Gasteiger partial charge >= 0.3 is 0 Å². The average Bonchev–Trinajstić information content (AvgIpc) is 3.44. The summed E-state index contributed by atoms with van der Waals surface area (Å²) in [5.74, 6) is 1.90. The molecule has 0 aromatic heterocycles. The van der Waals surface area contributed by atoms with Gasteiger partial charge in [0.15, 0.2) is 23.1 Å². The van der Waals surface area contributed by atoms with Crippen molar-refractivity contribution >= 4 is 27.7 Å². The summed E-state index contributed by atoms with van der Waals surface area (Å²) < 4.78 is 24.3. The predicted octanol–water partition coefficient (Wildman–Crippen LogP) is 6.04. The summed E-state index contributed by atoms with van der Waals surface area (Å²) in [6, 6.07) is 30.5. The van der Waals surface area contributed by atoms with Crippen molar-refractivity contribution in [1.82, 2.24) is 5.32 Å². The van der Waals surface area contributed by atoms with Gasteiger partial charge in [-0.2, -0.15) is 0 Å². The first-order chi connectivity index (χ1) is 21.5. The molecule has 1 heterocycles. The van der Waals surface area contributed by atoms with Crippen LogP contribution in [0.5, 0.6) is 17.2 Å². The van der Waals surface area contributed by atoms with Gasteiger partial charge in [0.1, 0.15) is 5.75 Å². The third kappa shape index (κ3) is 6.90. The van der Waals surface area contributed by atoms with Crippen LogP contribution in [0.1, 0.15) is 34.8 Å². The van der Waals surface area contributed by atoms with Crippen molar-refractivity contribution in [2.24, 2.45) is 4.99 Å². The van der Waals surface area contributed by atoms with E-state index in [0.29, 0.717) is 42.6 Å². The maximum Gasteiger partial charge on any atom is 0.252 e. The van der Waals surface area contributed by atoms with E-state index in [1.54, 1.807) is 14.2 Å². The Bertz CT molecular complexity index is 1580. The lowest BCUT2D eigenvalue weighted by Gasteiger charge is -2.31. The van der Waals surface area contributed by atoms with Crippen LogP contribution in [0.3, 0.4) is 0 Å². The van der Waals surface area contributed by atoms with E-state index in [0.717, 1.165) is 26.7 Å². The van der Waals surface area contributed by atoms with Crippen molar-refractivity contribution in [1.29, 1.82) is 0 Å². The third-order valence-electron chi connectivity index (χ3n) is 7.44. The summed E-state index contributed by atoms with van der Waals surface area (Å²) in [6.07, 6.45) is 0.144. The molecule has 4 aromatic rings. The Hall–Kier alpha value is -4.34. The molecular formula is C35H35BrN2O6. The third-order valence-corrected chi connectivity index (χ3v) is 7.97. The molecule has 0 saturated carbocycles. The van der Waals surface area contributed by atoms with Crippen molar-refractivity contribution in [3.05, 3.63) is 124 Å². The van der Waals surface area contributed by atoms with E-state index >= 15 is 0 Å². The van der Waals surface area contributed by atoms with E-state index in [2.05, 4.69) is 21.2 Å². The molecule has 5 rings (SSSR count). The molecule has 44 heavy (non-hydrogen) atoms. The minimum atomic E-state index is -1.33. The molecule has 8 nitrogen and oxygen atoms in total. The number of hydrogen-bond acceptors (Lipinski definition) is 7. The van der Waals surface area contributed by atoms with Gasteiger partial charge in [-0.25, -0.2) is 4.99 Å². The second-order valence-electron chi connectivity index (χ2n) is 10.3. The first kappa shape index (κ1) is 31.1. The van der Waals surface area contributed by atoms with Crippen molar-refractivity contribution in [3.8, 4) is 17.2 Å². The number of aliphatic imine (C=N–C) groups is 1. The number of aliphatic hydroxyl groups excluding tert-OH is 1. The van der Waals surface area contributed by atoms with Crippen molar-refractivity contribution in [3.63, 3.8) is 0 Å². The Balaban J connectivity index is 1.55. The molecule has 228 valence electrons. The number of rotatable bonds is 13. The van der Waals surface area contributed by atoms with Crippen LogP contribution in [0.25, 0.3) is 0 Å². The van der Waals surface area contributed by atoms with Gasteiger partial charge in [0, 0.05) is 41.6 Å². The largest absolute Gasteiger partial charge is 0.494 e. The molecule has 1 amide bonds. The van der Waals surface area contributed by atoms with Crippen LogP contribution in [0.2, 0.25) is 0 Å². The lowest BCUT2D eigenvalue weighted by atomic mass is 9.82. The molecule has 0 radical (unpaired) electrons. The number of ether oxygens (including phenoxy) is 4. The second-order valence-corrected chi connectivity index (χ2v) is 11.3. The summed E-state index contributed by atoms with van der Waals surface area (Å²) >= 11 is 3.52. The van der Waals surface area contributed by atoms with E-state index < -0.39 is 11.6 Å². The van der Waals surface area contributed by atoms with Crippen LogP contribution in [-0.2, 0) is 22.5 Å². The number of aliphatic hydroxyl groups is 1. The van der Waals surface area contributed by atoms with E-state index in [9.17, 15) is 4.79 Å². The fourth-order valence-electron chi connectivity index (χ4n) is 5.25. The molecule has 0 unspecified atom stereocenters. The lowest BCUT2D eigenvalue weighted by Crippen LogP contribution is -2.49. The van der Waals surface area contributed by atoms with Gasteiger partial charge in [-0.05, 0) is 53.6 Å². The fraction of sp³-hybridized carbons (Fsp3) is 0.257. The van der Waals surface area contributed by atoms with Crippen LogP contribution < -0.4 is 19.5 Å². The maximum absolute atomic E-state index is 14.5. The zero-order valence-corrected chi connectivity index (χ0v) is 26.3. The van der Waals surface area contributed by atoms with E-state index in [4.69, 9.17) is 29.0 Å². The second kappa shape index (κ2) is 14.4. The summed E-state index contributed by atoms with van der Waals surface area (Å²) in [4.78, 5) is 19.6. The van der Waals surface area contributed by atoms with Gasteiger partial charge in [0.25, 0.3) is 5.91 Å². The number of para-hydroxylation sites is 1. The molecule has 1 aliphatic rings. The highest BCUT2D eigenvalue weighted by Crippen LogP contribution is 2.43. The van der Waals surface area contributed by atoms with Gasteiger partial charge in [-0.1, -0.05) is 70.5 Å². The Morgan fingerprint density at radius 2 is 1.70 bits per heavy atom. The Morgan fingerprint density at radius 1 is 0.955 bits per heavy atom. The highest BCUT2D eigenvalue weighted by atomic mass is 79.9. The number of methoxy groups -OCH3 is 2. The normalized spacial score (nSPS) is 17.4. The van der Waals surface area contributed by atoms with Crippen LogP contribution >= 0.6 is 15.9 Å². The van der Waals surface area contributed by atoms with Crippen molar-refractivity contribution in [2.75, 3.05) is 27.4 Å². The van der Waals surface area contributed by atoms with Gasteiger partial charge in [-0.3, -0.25) is 4.79 Å². The predicted molar refractivity (Wildman–Crippen MR) is 172 cm³/mol. The van der Waals surface area contributed by atoms with Gasteiger partial charge in [0.05, 0.1) is 20.8 Å². The molecule has 4 aromatic carbocycles. The highest BCUT2D eigenvalue weighted by molar-refractivity contribution is 9.10. The van der Waals surface area contributed by atoms with Gasteiger partial charge in [-0.15, -0.1) is 0 Å². The van der Waals surface area contributed by atoms with Crippen molar-refractivity contribution < 1.29 is 28.8 Å². The zero-order valence-electron chi connectivity index (χ0n) is 24.7. The van der Waals surface area contributed by atoms with Gasteiger partial charge in [0.2, 0.25) is 5.90 Å². The molecule has 0 saturated heterocycles. The first-order valence-corrected chi connectivity index (χ1v) is 15.1. The number of carbonyl (C=O) groups excluding carboxylic acids is 1. The number of carbonyl (C=O) groups is 1. The summed E-state index contributed by atoms with van der Waals surface area (Å²) in [5.41, 5.74) is 1.94. The Kier molecular flexibility index (Phi) is 10.2. The first-order valence-electron chi connectivity index (χ1n) is 14.4. The molecule has 0 fully saturated rings. The topological polar surface area (TPSA) is 98.6 Å². The van der Waals surface area contributed by atoms with E-state index in [1.807, 2.05) is 97.1 Å². The molecule has 2 N–H and O–H groups in total. The molecule has 0 bridgehead atoms. The van der Waals surface area contributed by atoms with Crippen LogP contribution in [0, 0.1) is 0 Å². The monoisotopic (exact) mass is 658 g/mol. The summed E-state index contributed by atoms with van der Waals surface area (Å²) in [6.45, 7) is 0.682. The summed E-state index contributed by atoms with van der Waals surface area (Å²) in [5, 5.41) is 12.2. The number of benzene rings is 4. The fourth-order valence-corrected chi connectivity index (χ4v) is 5.51. The molecule has 2 atom stereocenters. The molecular weight excluding hydrogens is 624 g/mol. The van der Waals surface area contributed by atoms with E-state index in [1.165, 1.54) is 0 Å². The van der Waals surface area contributed by atoms with Crippen molar-refractivity contribution in [2.45, 2.75) is 31.0 Å². The molecule has 1 aliphatic heterocycles.